The van der Waals surface area contributed by atoms with Crippen LogP contribution in [0.5, 0.6) is 11.5 Å². The summed E-state index contributed by atoms with van der Waals surface area (Å²) in [5.41, 5.74) is 2.20. The molecule has 11 nitrogen and oxygen atoms in total. The van der Waals surface area contributed by atoms with Gasteiger partial charge in [-0.1, -0.05) is 23.7 Å². The van der Waals surface area contributed by atoms with Gasteiger partial charge in [-0.05, 0) is 71.4 Å². The molecule has 0 unspecified atom stereocenters. The molecular weight excluding hydrogens is 654 g/mol. The van der Waals surface area contributed by atoms with E-state index in [1.807, 2.05) is 37.2 Å². The second-order valence-corrected chi connectivity index (χ2v) is 14.6. The van der Waals surface area contributed by atoms with Crippen LogP contribution in [-0.4, -0.2) is 76.3 Å². The molecule has 1 fully saturated rings. The molecule has 0 aliphatic carbocycles. The van der Waals surface area contributed by atoms with Gasteiger partial charge in [-0.25, -0.2) is 31.1 Å². The Morgan fingerprint density at radius 3 is 2.16 bits per heavy atom. The number of hydrogen-bond donors (Lipinski definition) is 2. The Hall–Kier alpha value is -3.86. The van der Waals surface area contributed by atoms with Gasteiger partial charge in [-0.3, -0.25) is 10.0 Å². The summed E-state index contributed by atoms with van der Waals surface area (Å²) in [4.78, 5) is 13.6. The molecule has 1 aliphatic heterocycles. The van der Waals surface area contributed by atoms with E-state index in [0.29, 0.717) is 26.8 Å². The van der Waals surface area contributed by atoms with Gasteiger partial charge in [0.15, 0.2) is 17.4 Å². The normalized spacial score (nSPS) is 16.4. The molecule has 0 spiro atoms. The standard InChI is InChI=1S/C29H27ClF2N4O7S2/c1-34(2)21-7-3-18-4-10-23(14-19(18)13-21)44(39,40)35-11-12-36(27(17-35)29(37)33-38)45(41,42)24-15-25(31)28(26(32)16-24)43-22-8-5-20(30)6-9-22/h3-10,13-16,27,38H,11-12,17H2,1-2H3,(H,33,37)/t27-/m1/s1. The zero-order chi connectivity index (χ0) is 32.7. The molecule has 1 amide bonds. The monoisotopic (exact) mass is 680 g/mol. The van der Waals surface area contributed by atoms with Crippen LogP contribution in [0.3, 0.4) is 0 Å². The minimum Gasteiger partial charge on any atom is -0.451 e. The Bertz CT molecular complexity index is 1970. The molecule has 0 aromatic heterocycles. The van der Waals surface area contributed by atoms with Crippen LogP contribution in [0.1, 0.15) is 0 Å². The van der Waals surface area contributed by atoms with Crippen molar-refractivity contribution in [3.8, 4) is 11.5 Å². The van der Waals surface area contributed by atoms with Crippen molar-refractivity contribution in [1.82, 2.24) is 14.1 Å². The summed E-state index contributed by atoms with van der Waals surface area (Å²) in [6.07, 6.45) is 0. The van der Waals surface area contributed by atoms with E-state index in [-0.39, 0.29) is 10.6 Å². The van der Waals surface area contributed by atoms with Crippen LogP contribution in [0.25, 0.3) is 10.8 Å². The molecule has 1 aliphatic rings. The number of piperazine rings is 1. The molecule has 1 atom stereocenters. The average Bonchev–Trinajstić information content (AvgIpc) is 3.02. The number of hydroxylamine groups is 1. The zero-order valence-electron chi connectivity index (χ0n) is 23.8. The fourth-order valence-corrected chi connectivity index (χ4v) is 8.07. The zero-order valence-corrected chi connectivity index (χ0v) is 26.2. The number of benzene rings is 4. The third-order valence-corrected chi connectivity index (χ3v) is 11.3. The largest absolute Gasteiger partial charge is 0.451 e. The number of halogens is 3. The lowest BCUT2D eigenvalue weighted by molar-refractivity contribution is -0.134. The second kappa shape index (κ2) is 12.5. The Morgan fingerprint density at radius 1 is 0.889 bits per heavy atom. The lowest BCUT2D eigenvalue weighted by Crippen LogP contribution is -2.61. The third kappa shape index (κ3) is 6.45. The Kier molecular flexibility index (Phi) is 9.04. The Morgan fingerprint density at radius 2 is 1.53 bits per heavy atom. The highest BCUT2D eigenvalue weighted by Gasteiger charge is 2.44. The fraction of sp³-hybridized carbons (Fsp3) is 0.207. The van der Waals surface area contributed by atoms with E-state index in [1.54, 1.807) is 6.07 Å². The lowest BCUT2D eigenvalue weighted by atomic mass is 10.1. The Balaban J connectivity index is 1.43. The molecule has 4 aromatic carbocycles. The van der Waals surface area contributed by atoms with Gasteiger partial charge in [0.05, 0.1) is 9.79 Å². The van der Waals surface area contributed by atoms with Gasteiger partial charge < -0.3 is 9.64 Å². The quantitative estimate of drug-likeness (QED) is 0.209. The fourth-order valence-electron chi connectivity index (χ4n) is 4.87. The number of nitrogens with zero attached hydrogens (tertiary/aromatic N) is 3. The van der Waals surface area contributed by atoms with E-state index >= 15 is 0 Å². The van der Waals surface area contributed by atoms with Crippen molar-refractivity contribution in [2.45, 2.75) is 15.8 Å². The van der Waals surface area contributed by atoms with E-state index in [1.165, 1.54) is 41.9 Å². The summed E-state index contributed by atoms with van der Waals surface area (Å²) >= 11 is 5.81. The van der Waals surface area contributed by atoms with Gasteiger partial charge in [0.2, 0.25) is 20.0 Å². The van der Waals surface area contributed by atoms with Crippen LogP contribution in [0, 0.1) is 11.6 Å². The molecule has 238 valence electrons. The molecule has 16 heteroatoms. The predicted octanol–water partition coefficient (Wildman–Crippen LogP) is 4.20. The summed E-state index contributed by atoms with van der Waals surface area (Å²) in [7, 11) is -5.37. The van der Waals surface area contributed by atoms with Gasteiger partial charge in [0.1, 0.15) is 11.8 Å². The van der Waals surface area contributed by atoms with Gasteiger partial charge in [0, 0.05) is 44.4 Å². The molecule has 0 radical (unpaired) electrons. The van der Waals surface area contributed by atoms with E-state index in [4.69, 9.17) is 16.3 Å². The topological polar surface area (TPSA) is 137 Å². The van der Waals surface area contributed by atoms with Crippen molar-refractivity contribution in [2.75, 3.05) is 38.6 Å². The first-order chi connectivity index (χ1) is 21.2. The van der Waals surface area contributed by atoms with Crippen LogP contribution in [0.15, 0.2) is 82.6 Å². The second-order valence-electron chi connectivity index (χ2n) is 10.3. The molecule has 1 heterocycles. The number of carbonyl (C=O) groups excluding carboxylic acids is 1. The molecule has 2 N–H and O–H groups in total. The van der Waals surface area contributed by atoms with Gasteiger partial charge in [0.25, 0.3) is 5.91 Å². The van der Waals surface area contributed by atoms with Crippen LogP contribution in [-0.2, 0) is 24.8 Å². The maximum Gasteiger partial charge on any atom is 0.263 e. The molecule has 0 saturated carbocycles. The first-order valence-corrected chi connectivity index (χ1v) is 16.6. The molecule has 45 heavy (non-hydrogen) atoms. The number of anilines is 1. The molecule has 4 aromatic rings. The smallest absolute Gasteiger partial charge is 0.263 e. The van der Waals surface area contributed by atoms with Gasteiger partial charge in [-0.15, -0.1) is 0 Å². The molecule has 1 saturated heterocycles. The highest BCUT2D eigenvalue weighted by Crippen LogP contribution is 2.33. The van der Waals surface area contributed by atoms with Crippen LogP contribution in [0.4, 0.5) is 14.5 Å². The van der Waals surface area contributed by atoms with E-state index in [0.717, 1.165) is 15.4 Å². The predicted molar refractivity (Wildman–Crippen MR) is 163 cm³/mol. The maximum absolute atomic E-state index is 15.0. The minimum absolute atomic E-state index is 0.0365. The van der Waals surface area contributed by atoms with Crippen molar-refractivity contribution in [3.63, 3.8) is 0 Å². The summed E-state index contributed by atoms with van der Waals surface area (Å²) in [5.74, 6) is -4.77. The van der Waals surface area contributed by atoms with E-state index in [2.05, 4.69) is 0 Å². The number of sulfonamides is 2. The van der Waals surface area contributed by atoms with E-state index < -0.39 is 73.9 Å². The van der Waals surface area contributed by atoms with Crippen molar-refractivity contribution in [2.24, 2.45) is 0 Å². The number of carbonyl (C=O) groups is 1. The SMILES string of the molecule is CN(C)c1ccc2ccc(S(=O)(=O)N3CCN(S(=O)(=O)c4cc(F)c(Oc5ccc(Cl)cc5)c(F)c4)[C@@H](C(=O)NO)C3)cc2c1. The number of nitrogens with one attached hydrogen (secondary N) is 1. The van der Waals surface area contributed by atoms with Crippen LogP contribution < -0.4 is 15.1 Å². The maximum atomic E-state index is 15.0. The number of hydrogen-bond acceptors (Lipinski definition) is 8. The number of amides is 1. The summed E-state index contributed by atoms with van der Waals surface area (Å²) in [5, 5.41) is 11.2. The number of fused-ring (bicyclic) bond motifs is 1. The highest BCUT2D eigenvalue weighted by molar-refractivity contribution is 7.89. The van der Waals surface area contributed by atoms with Crippen LogP contribution in [0.2, 0.25) is 5.02 Å². The van der Waals surface area contributed by atoms with Crippen molar-refractivity contribution >= 4 is 54.0 Å². The number of ether oxygens (including phenoxy) is 1. The first kappa shape index (κ1) is 32.5. The highest BCUT2D eigenvalue weighted by atomic mass is 35.5. The van der Waals surface area contributed by atoms with Crippen molar-refractivity contribution in [3.05, 3.63) is 89.5 Å². The minimum atomic E-state index is -4.80. The Labute approximate surface area is 263 Å². The van der Waals surface area contributed by atoms with Crippen LogP contribution >= 0.6 is 11.6 Å². The number of rotatable bonds is 8. The molecular formula is C29H27ClF2N4O7S2. The summed E-state index contributed by atoms with van der Waals surface area (Å²) in [6.45, 7) is -1.65. The van der Waals surface area contributed by atoms with E-state index in [9.17, 15) is 35.6 Å². The van der Waals surface area contributed by atoms with Gasteiger partial charge in [-0.2, -0.15) is 8.61 Å². The van der Waals surface area contributed by atoms with Crippen molar-refractivity contribution in [1.29, 1.82) is 0 Å². The summed E-state index contributed by atoms with van der Waals surface area (Å²) in [6, 6.07) is 14.9. The summed E-state index contributed by atoms with van der Waals surface area (Å²) < 4.78 is 91.2. The average molecular weight is 681 g/mol. The molecule has 5 rings (SSSR count). The van der Waals surface area contributed by atoms with Gasteiger partial charge >= 0.3 is 0 Å². The molecule has 0 bridgehead atoms. The third-order valence-electron chi connectivity index (χ3n) is 7.27. The first-order valence-electron chi connectivity index (χ1n) is 13.3. The lowest BCUT2D eigenvalue weighted by Gasteiger charge is -2.38. The van der Waals surface area contributed by atoms with Crippen molar-refractivity contribution < 1.29 is 40.4 Å².